The Morgan fingerprint density at radius 1 is 1.25 bits per heavy atom. The summed E-state index contributed by atoms with van der Waals surface area (Å²) in [7, 11) is 0. The van der Waals surface area contributed by atoms with E-state index in [0.29, 0.717) is 0 Å². The van der Waals surface area contributed by atoms with Crippen molar-refractivity contribution in [3.8, 4) is 0 Å². The van der Waals surface area contributed by atoms with E-state index < -0.39 is 11.9 Å². The Kier molecular flexibility index (Phi) is 3.61. The van der Waals surface area contributed by atoms with E-state index in [0.717, 1.165) is 19.3 Å². The number of carboxylic acids is 1. The van der Waals surface area contributed by atoms with Crippen LogP contribution in [0.15, 0.2) is 0 Å². The molecule has 0 saturated heterocycles. The fraction of sp³-hybridized carbons (Fsp3) is 0.833. The highest BCUT2D eigenvalue weighted by Crippen LogP contribution is 2.48. The van der Waals surface area contributed by atoms with Crippen LogP contribution in [0.25, 0.3) is 0 Å². The fourth-order valence-corrected chi connectivity index (χ4v) is 1.98. The lowest BCUT2D eigenvalue weighted by Gasteiger charge is -2.50. The number of carbonyl (C=O) groups is 2. The molecule has 0 unspecified atom stereocenters. The molecule has 0 aromatic heterocycles. The van der Waals surface area contributed by atoms with Gasteiger partial charge in [-0.3, -0.25) is 9.59 Å². The molecule has 0 aromatic carbocycles. The minimum absolute atomic E-state index is 0.0346. The van der Waals surface area contributed by atoms with Crippen LogP contribution in [0.5, 0.6) is 0 Å². The molecule has 1 aliphatic rings. The van der Waals surface area contributed by atoms with Crippen molar-refractivity contribution in [1.29, 1.82) is 0 Å². The Hall–Kier alpha value is -1.06. The lowest BCUT2D eigenvalue weighted by molar-refractivity contribution is -0.191. The van der Waals surface area contributed by atoms with Crippen LogP contribution in [-0.4, -0.2) is 22.6 Å². The van der Waals surface area contributed by atoms with Crippen molar-refractivity contribution in [2.75, 3.05) is 0 Å². The first kappa shape index (κ1) is 13.0. The Morgan fingerprint density at radius 3 is 2.12 bits per heavy atom. The van der Waals surface area contributed by atoms with Crippen LogP contribution in [0, 0.1) is 5.41 Å². The molecule has 92 valence electrons. The van der Waals surface area contributed by atoms with E-state index in [2.05, 4.69) is 20.8 Å². The smallest absolute Gasteiger partial charge is 0.306 e. The number of ether oxygens (including phenoxy) is 1. The predicted octanol–water partition coefficient (Wildman–Crippen LogP) is 2.36. The second kappa shape index (κ2) is 4.44. The van der Waals surface area contributed by atoms with E-state index in [1.807, 2.05) is 0 Å². The lowest BCUT2D eigenvalue weighted by atomic mass is 9.64. The van der Waals surface area contributed by atoms with Gasteiger partial charge in [0.25, 0.3) is 0 Å². The van der Waals surface area contributed by atoms with Crippen LogP contribution in [0.4, 0.5) is 0 Å². The van der Waals surface area contributed by atoms with Gasteiger partial charge in [0.15, 0.2) is 0 Å². The van der Waals surface area contributed by atoms with Gasteiger partial charge in [0, 0.05) is 5.41 Å². The molecule has 0 radical (unpaired) electrons. The van der Waals surface area contributed by atoms with Gasteiger partial charge in [-0.05, 0) is 19.3 Å². The van der Waals surface area contributed by atoms with Crippen molar-refractivity contribution < 1.29 is 19.4 Å². The molecule has 4 heteroatoms. The van der Waals surface area contributed by atoms with Crippen molar-refractivity contribution in [1.82, 2.24) is 0 Å². The number of aliphatic carboxylic acids is 1. The molecule has 0 bridgehead atoms. The summed E-state index contributed by atoms with van der Waals surface area (Å²) >= 11 is 0. The number of carbonyl (C=O) groups excluding carboxylic acids is 1. The molecular formula is C12H20O4. The lowest BCUT2D eigenvalue weighted by Crippen LogP contribution is -2.52. The quantitative estimate of drug-likeness (QED) is 0.750. The van der Waals surface area contributed by atoms with Gasteiger partial charge in [0.05, 0.1) is 12.8 Å². The second-order valence-corrected chi connectivity index (χ2v) is 5.47. The van der Waals surface area contributed by atoms with Crippen LogP contribution in [0.1, 0.15) is 52.9 Å². The minimum atomic E-state index is -0.963. The van der Waals surface area contributed by atoms with E-state index in [9.17, 15) is 9.59 Å². The van der Waals surface area contributed by atoms with Gasteiger partial charge in [-0.15, -0.1) is 0 Å². The zero-order valence-corrected chi connectivity index (χ0v) is 10.2. The van der Waals surface area contributed by atoms with E-state index in [-0.39, 0.29) is 23.9 Å². The number of carboxylic acid groups (broad SMARTS) is 1. The van der Waals surface area contributed by atoms with Crippen LogP contribution in [0.3, 0.4) is 0 Å². The molecule has 1 aliphatic carbocycles. The predicted molar refractivity (Wildman–Crippen MR) is 59.0 cm³/mol. The molecule has 0 aromatic rings. The Morgan fingerprint density at radius 2 is 1.81 bits per heavy atom. The van der Waals surface area contributed by atoms with E-state index >= 15 is 0 Å². The monoisotopic (exact) mass is 228 g/mol. The zero-order chi connectivity index (χ0) is 12.4. The Balaban J connectivity index is 2.51. The molecule has 0 amide bonds. The van der Waals surface area contributed by atoms with Gasteiger partial charge in [-0.25, -0.2) is 0 Å². The third kappa shape index (κ3) is 2.74. The van der Waals surface area contributed by atoms with Gasteiger partial charge in [-0.1, -0.05) is 20.8 Å². The number of hydrogen-bond donors (Lipinski definition) is 1. The standard InChI is InChI=1S/C12H20O4/c1-11(2,3)12(7-4-8-12)16-10(15)6-5-9(13)14/h4-8H2,1-3H3,(H,13,14). The summed E-state index contributed by atoms with van der Waals surface area (Å²) in [5.41, 5.74) is -0.452. The van der Waals surface area contributed by atoms with Crippen molar-refractivity contribution in [2.24, 2.45) is 5.41 Å². The fourth-order valence-electron chi connectivity index (χ4n) is 1.98. The Labute approximate surface area is 96.0 Å². The average molecular weight is 228 g/mol. The summed E-state index contributed by atoms with van der Waals surface area (Å²) in [6.07, 6.45) is 2.65. The Bertz CT molecular complexity index is 284. The van der Waals surface area contributed by atoms with Gasteiger partial charge in [-0.2, -0.15) is 0 Å². The average Bonchev–Trinajstić information content (AvgIpc) is 2.05. The maximum absolute atomic E-state index is 11.5. The van der Waals surface area contributed by atoms with Gasteiger partial charge in [0.2, 0.25) is 0 Å². The van der Waals surface area contributed by atoms with Crippen molar-refractivity contribution >= 4 is 11.9 Å². The molecule has 1 saturated carbocycles. The van der Waals surface area contributed by atoms with Gasteiger partial charge < -0.3 is 9.84 Å². The van der Waals surface area contributed by atoms with Crippen LogP contribution in [-0.2, 0) is 14.3 Å². The molecule has 1 rings (SSSR count). The van der Waals surface area contributed by atoms with E-state index in [4.69, 9.17) is 9.84 Å². The highest BCUT2D eigenvalue weighted by atomic mass is 16.6. The molecule has 4 nitrogen and oxygen atoms in total. The molecule has 0 spiro atoms. The van der Waals surface area contributed by atoms with E-state index in [1.54, 1.807) is 0 Å². The summed E-state index contributed by atoms with van der Waals surface area (Å²) in [6.45, 7) is 6.16. The first-order chi connectivity index (χ1) is 7.27. The van der Waals surface area contributed by atoms with Crippen LogP contribution < -0.4 is 0 Å². The van der Waals surface area contributed by atoms with E-state index in [1.165, 1.54) is 0 Å². The van der Waals surface area contributed by atoms with Crippen molar-refractivity contribution in [3.05, 3.63) is 0 Å². The molecule has 1 N–H and O–H groups in total. The van der Waals surface area contributed by atoms with Crippen molar-refractivity contribution in [2.45, 2.75) is 58.5 Å². The maximum atomic E-state index is 11.5. The van der Waals surface area contributed by atoms with Gasteiger partial charge in [0.1, 0.15) is 5.60 Å². The topological polar surface area (TPSA) is 63.6 Å². The summed E-state index contributed by atoms with van der Waals surface area (Å²) in [5, 5.41) is 8.48. The normalized spacial score (nSPS) is 18.7. The van der Waals surface area contributed by atoms with Crippen LogP contribution >= 0.6 is 0 Å². The third-order valence-electron chi connectivity index (χ3n) is 3.38. The second-order valence-electron chi connectivity index (χ2n) is 5.47. The minimum Gasteiger partial charge on any atom is -0.481 e. The molecule has 0 aliphatic heterocycles. The molecule has 1 fully saturated rings. The summed E-state index contributed by atoms with van der Waals surface area (Å²) in [6, 6.07) is 0. The number of hydrogen-bond acceptors (Lipinski definition) is 3. The summed E-state index contributed by atoms with van der Waals surface area (Å²) in [4.78, 5) is 21.9. The largest absolute Gasteiger partial charge is 0.481 e. The van der Waals surface area contributed by atoms with Crippen LogP contribution in [0.2, 0.25) is 0 Å². The third-order valence-corrected chi connectivity index (χ3v) is 3.38. The number of esters is 1. The van der Waals surface area contributed by atoms with Gasteiger partial charge >= 0.3 is 11.9 Å². The highest BCUT2D eigenvalue weighted by Gasteiger charge is 2.50. The summed E-state index contributed by atoms with van der Waals surface area (Å²) < 4.78 is 5.49. The first-order valence-corrected chi connectivity index (χ1v) is 5.70. The van der Waals surface area contributed by atoms with Crippen molar-refractivity contribution in [3.63, 3.8) is 0 Å². The molecular weight excluding hydrogens is 208 g/mol. The summed E-state index contributed by atoms with van der Waals surface area (Å²) in [5.74, 6) is -1.35. The maximum Gasteiger partial charge on any atom is 0.306 e. The molecule has 0 atom stereocenters. The zero-order valence-electron chi connectivity index (χ0n) is 10.2. The highest BCUT2D eigenvalue weighted by molar-refractivity contribution is 5.76. The number of rotatable bonds is 4. The molecule has 0 heterocycles. The first-order valence-electron chi connectivity index (χ1n) is 5.70. The SMILES string of the molecule is CC(C)(C)C1(OC(=O)CCC(=O)O)CCC1. The molecule has 16 heavy (non-hydrogen) atoms.